The molecule has 0 radical (unpaired) electrons. The summed E-state index contributed by atoms with van der Waals surface area (Å²) in [7, 11) is 0. The van der Waals surface area contributed by atoms with Gasteiger partial charge in [0.15, 0.2) is 0 Å². The molecule has 1 fully saturated rings. The Labute approximate surface area is 125 Å². The van der Waals surface area contributed by atoms with Crippen LogP contribution in [0.25, 0.3) is 6.08 Å². The van der Waals surface area contributed by atoms with E-state index in [1.54, 1.807) is 18.2 Å². The van der Waals surface area contributed by atoms with Crippen LogP contribution in [0.3, 0.4) is 0 Å². The molecule has 0 aromatic heterocycles. The van der Waals surface area contributed by atoms with Crippen LogP contribution in [0.2, 0.25) is 0 Å². The molecule has 0 aliphatic carbocycles. The lowest BCUT2D eigenvalue weighted by Gasteiger charge is -2.11. The van der Waals surface area contributed by atoms with Crippen LogP contribution in [0.1, 0.15) is 18.9 Å². The number of carbonyl (C=O) groups is 1. The summed E-state index contributed by atoms with van der Waals surface area (Å²) in [5.74, 6) is -0.181. The van der Waals surface area contributed by atoms with Gasteiger partial charge in [0.1, 0.15) is 4.32 Å². The van der Waals surface area contributed by atoms with Gasteiger partial charge in [0, 0.05) is 12.6 Å². The van der Waals surface area contributed by atoms with Crippen molar-refractivity contribution in [3.63, 3.8) is 0 Å². The van der Waals surface area contributed by atoms with Crippen LogP contribution in [0, 0.1) is 10.1 Å². The van der Waals surface area contributed by atoms with E-state index >= 15 is 0 Å². The normalized spacial score (nSPS) is 17.1. The summed E-state index contributed by atoms with van der Waals surface area (Å²) < 4.78 is 0.502. The average Bonchev–Trinajstić information content (AvgIpc) is 2.67. The Balaban J connectivity index is 2.35. The third kappa shape index (κ3) is 2.88. The maximum atomic E-state index is 12.2. The van der Waals surface area contributed by atoms with Gasteiger partial charge in [-0.15, -0.1) is 0 Å². The zero-order chi connectivity index (χ0) is 14.7. The molecule has 1 aliphatic rings. The van der Waals surface area contributed by atoms with Crippen molar-refractivity contribution in [2.75, 3.05) is 6.54 Å². The minimum Gasteiger partial charge on any atom is -0.293 e. The highest BCUT2D eigenvalue weighted by molar-refractivity contribution is 8.26. The number of rotatable bonds is 4. The molecule has 0 atom stereocenters. The summed E-state index contributed by atoms with van der Waals surface area (Å²) in [4.78, 5) is 24.6. The second kappa shape index (κ2) is 6.15. The van der Waals surface area contributed by atoms with Crippen LogP contribution in [0.5, 0.6) is 0 Å². The van der Waals surface area contributed by atoms with Gasteiger partial charge in [0.25, 0.3) is 11.6 Å². The molecule has 0 spiro atoms. The van der Waals surface area contributed by atoms with Gasteiger partial charge in [-0.3, -0.25) is 19.8 Å². The molecule has 1 heterocycles. The number of nitrogens with zero attached hydrogens (tertiary/aromatic N) is 2. The molecule has 0 unspecified atom stereocenters. The number of thiocarbonyl (C=S) groups is 1. The van der Waals surface area contributed by atoms with E-state index in [-0.39, 0.29) is 11.6 Å². The number of nitro groups is 1. The largest absolute Gasteiger partial charge is 0.293 e. The first kappa shape index (κ1) is 14.7. The molecule has 1 amide bonds. The number of hydrogen-bond donors (Lipinski definition) is 0. The van der Waals surface area contributed by atoms with E-state index in [1.165, 1.54) is 28.8 Å². The average molecular weight is 308 g/mol. The fourth-order valence-corrected chi connectivity index (χ4v) is 3.13. The second-order valence-corrected chi connectivity index (χ2v) is 5.83. The number of hydrogen-bond acceptors (Lipinski definition) is 5. The first-order valence-corrected chi connectivity index (χ1v) is 7.26. The molecule has 1 saturated heterocycles. The number of nitro benzene ring substituents is 1. The van der Waals surface area contributed by atoms with Gasteiger partial charge in [-0.25, -0.2) is 0 Å². The van der Waals surface area contributed by atoms with Gasteiger partial charge >= 0.3 is 0 Å². The molecule has 1 aromatic rings. The molecule has 20 heavy (non-hydrogen) atoms. The summed E-state index contributed by atoms with van der Waals surface area (Å²) in [6.45, 7) is 2.53. The monoisotopic (exact) mass is 308 g/mol. The third-order valence-corrected chi connectivity index (χ3v) is 4.12. The third-order valence-electron chi connectivity index (χ3n) is 2.74. The van der Waals surface area contributed by atoms with Crippen molar-refractivity contribution in [1.82, 2.24) is 4.90 Å². The van der Waals surface area contributed by atoms with E-state index in [0.717, 1.165) is 6.42 Å². The van der Waals surface area contributed by atoms with Crippen molar-refractivity contribution in [3.05, 3.63) is 44.8 Å². The minimum absolute atomic E-state index is 0.0201. The standard InChI is InChI=1S/C13H12N2O3S2/c1-2-7-14-12(16)11(20-13(14)19)8-9-5-3-4-6-10(9)15(17)18/h3-6,8H,2,7H2,1H3/b11-8+. The predicted molar refractivity (Wildman–Crippen MR) is 83.3 cm³/mol. The Morgan fingerprint density at radius 2 is 2.15 bits per heavy atom. The van der Waals surface area contributed by atoms with E-state index < -0.39 is 4.92 Å². The summed E-state index contributed by atoms with van der Waals surface area (Å²) >= 11 is 6.34. The van der Waals surface area contributed by atoms with Crippen LogP contribution in [-0.2, 0) is 4.79 Å². The van der Waals surface area contributed by atoms with Crippen LogP contribution in [0.4, 0.5) is 5.69 Å². The van der Waals surface area contributed by atoms with Crippen molar-refractivity contribution in [3.8, 4) is 0 Å². The highest BCUT2D eigenvalue weighted by atomic mass is 32.2. The topological polar surface area (TPSA) is 63.5 Å². The smallest absolute Gasteiger partial charge is 0.276 e. The summed E-state index contributed by atoms with van der Waals surface area (Å²) in [5, 5.41) is 11.0. The molecule has 5 nitrogen and oxygen atoms in total. The van der Waals surface area contributed by atoms with E-state index in [4.69, 9.17) is 12.2 Å². The van der Waals surface area contributed by atoms with Crippen LogP contribution in [-0.4, -0.2) is 26.6 Å². The van der Waals surface area contributed by atoms with Gasteiger partial charge in [-0.2, -0.15) is 0 Å². The molecule has 1 aromatic carbocycles. The van der Waals surface area contributed by atoms with Gasteiger partial charge in [-0.1, -0.05) is 43.0 Å². The van der Waals surface area contributed by atoms with Gasteiger partial charge < -0.3 is 0 Å². The molecule has 2 rings (SSSR count). The molecule has 0 bridgehead atoms. The van der Waals surface area contributed by atoms with Gasteiger partial charge in [0.05, 0.1) is 15.4 Å². The van der Waals surface area contributed by atoms with E-state index in [9.17, 15) is 14.9 Å². The van der Waals surface area contributed by atoms with Gasteiger partial charge in [0.2, 0.25) is 0 Å². The number of thioether (sulfide) groups is 1. The van der Waals surface area contributed by atoms with Crippen molar-refractivity contribution >= 4 is 46.0 Å². The van der Waals surface area contributed by atoms with Crippen LogP contribution < -0.4 is 0 Å². The Hall–Kier alpha value is -1.73. The lowest BCUT2D eigenvalue weighted by Crippen LogP contribution is -2.28. The minimum atomic E-state index is -0.460. The quantitative estimate of drug-likeness (QED) is 0.370. The van der Waals surface area contributed by atoms with Crippen LogP contribution in [0.15, 0.2) is 29.2 Å². The zero-order valence-electron chi connectivity index (χ0n) is 10.7. The SMILES string of the molecule is CCCN1C(=O)/C(=C\c2ccccc2[N+](=O)[O-])SC1=S. The summed E-state index contributed by atoms with van der Waals surface area (Å²) in [5.41, 5.74) is 0.391. The Kier molecular flexibility index (Phi) is 4.51. The van der Waals surface area contributed by atoms with Crippen molar-refractivity contribution in [2.45, 2.75) is 13.3 Å². The molecule has 7 heteroatoms. The lowest BCUT2D eigenvalue weighted by molar-refractivity contribution is -0.385. The highest BCUT2D eigenvalue weighted by Gasteiger charge is 2.31. The molecular formula is C13H12N2O3S2. The fraction of sp³-hybridized carbons (Fsp3) is 0.231. The van der Waals surface area contributed by atoms with E-state index in [1.807, 2.05) is 6.92 Å². The molecule has 104 valence electrons. The van der Waals surface area contributed by atoms with Crippen molar-refractivity contribution < 1.29 is 9.72 Å². The lowest BCUT2D eigenvalue weighted by atomic mass is 10.1. The zero-order valence-corrected chi connectivity index (χ0v) is 12.4. The second-order valence-electron chi connectivity index (χ2n) is 4.15. The maximum Gasteiger partial charge on any atom is 0.276 e. The predicted octanol–water partition coefficient (Wildman–Crippen LogP) is 3.21. The van der Waals surface area contributed by atoms with E-state index in [2.05, 4.69) is 0 Å². The number of benzene rings is 1. The number of amides is 1. The Bertz CT molecular complexity index is 613. The Morgan fingerprint density at radius 3 is 2.80 bits per heavy atom. The maximum absolute atomic E-state index is 12.2. The molecule has 1 aliphatic heterocycles. The first-order valence-electron chi connectivity index (χ1n) is 6.03. The molecule has 0 N–H and O–H groups in total. The Morgan fingerprint density at radius 1 is 1.45 bits per heavy atom. The van der Waals surface area contributed by atoms with E-state index in [0.29, 0.717) is 21.3 Å². The molecular weight excluding hydrogens is 296 g/mol. The number of para-hydroxylation sites is 1. The fourth-order valence-electron chi connectivity index (χ4n) is 1.83. The number of carbonyl (C=O) groups excluding carboxylic acids is 1. The van der Waals surface area contributed by atoms with Crippen LogP contribution >= 0.6 is 24.0 Å². The summed E-state index contributed by atoms with van der Waals surface area (Å²) in [6.07, 6.45) is 2.35. The summed E-state index contributed by atoms with van der Waals surface area (Å²) in [6, 6.07) is 6.33. The van der Waals surface area contributed by atoms with Gasteiger partial charge in [-0.05, 0) is 18.6 Å². The van der Waals surface area contributed by atoms with Crippen molar-refractivity contribution in [1.29, 1.82) is 0 Å². The highest BCUT2D eigenvalue weighted by Crippen LogP contribution is 2.34. The molecule has 0 saturated carbocycles. The van der Waals surface area contributed by atoms with Crippen molar-refractivity contribution in [2.24, 2.45) is 0 Å². The first-order chi connectivity index (χ1) is 9.54.